The molecule has 0 aromatic heterocycles. The maximum atomic E-state index is 12.9. The van der Waals surface area contributed by atoms with Crippen LogP contribution in [0, 0.1) is 17.3 Å². The van der Waals surface area contributed by atoms with E-state index >= 15 is 0 Å². The summed E-state index contributed by atoms with van der Waals surface area (Å²) in [5.74, 6) is 0.969. The van der Waals surface area contributed by atoms with Crippen LogP contribution in [0.4, 0.5) is 5.69 Å². The van der Waals surface area contributed by atoms with Crippen LogP contribution in [0.2, 0.25) is 5.02 Å². The fourth-order valence-corrected chi connectivity index (χ4v) is 3.84. The Morgan fingerprint density at radius 3 is 2.48 bits per heavy atom. The highest BCUT2D eigenvalue weighted by Crippen LogP contribution is 2.30. The van der Waals surface area contributed by atoms with Gasteiger partial charge < -0.3 is 15.5 Å². The lowest BCUT2D eigenvalue weighted by Gasteiger charge is -2.20. The number of rotatable bonds is 3. The topological polar surface area (TPSA) is 61.4 Å². The minimum absolute atomic E-state index is 0.0497. The van der Waals surface area contributed by atoms with Crippen LogP contribution in [-0.2, 0) is 4.79 Å². The zero-order valence-electron chi connectivity index (χ0n) is 15.1. The highest BCUT2D eigenvalue weighted by Gasteiger charge is 2.38. The Hall–Kier alpha value is -1.59. The number of fused-ring (bicyclic) bond motifs is 1. The molecule has 6 heteroatoms. The first-order valence-corrected chi connectivity index (χ1v) is 9.20. The normalized spacial score (nSPS) is 22.8. The van der Waals surface area contributed by atoms with Gasteiger partial charge in [0.25, 0.3) is 5.91 Å². The van der Waals surface area contributed by atoms with E-state index in [4.69, 9.17) is 11.6 Å². The molecule has 0 spiro atoms. The standard InChI is InChI=1S/C19H26ClN3O2/c1-19(2,3)7-17(24)22-14-4-5-16(20)15(6-14)18(25)23-10-12-8-21-9-13(12)11-23/h4-6,12-13,21H,7-11H2,1-3H3,(H,22,24)/t12-,13+. The Balaban J connectivity index is 1.71. The van der Waals surface area contributed by atoms with Crippen LogP contribution >= 0.6 is 11.6 Å². The molecule has 2 N–H and O–H groups in total. The molecule has 0 unspecified atom stereocenters. The van der Waals surface area contributed by atoms with E-state index in [1.165, 1.54) is 0 Å². The minimum Gasteiger partial charge on any atom is -0.338 e. The number of carbonyl (C=O) groups excluding carboxylic acids is 2. The second-order valence-electron chi connectivity index (χ2n) is 8.37. The predicted molar refractivity (Wildman–Crippen MR) is 99.9 cm³/mol. The van der Waals surface area contributed by atoms with Gasteiger partial charge in [0, 0.05) is 38.3 Å². The number of halogens is 1. The molecule has 25 heavy (non-hydrogen) atoms. The van der Waals surface area contributed by atoms with Gasteiger partial charge in [0.2, 0.25) is 5.91 Å². The summed E-state index contributed by atoms with van der Waals surface area (Å²) in [5.41, 5.74) is 0.988. The van der Waals surface area contributed by atoms with E-state index in [0.717, 1.165) is 26.2 Å². The van der Waals surface area contributed by atoms with Crippen molar-refractivity contribution in [3.8, 4) is 0 Å². The van der Waals surface area contributed by atoms with Gasteiger partial charge in [-0.2, -0.15) is 0 Å². The maximum absolute atomic E-state index is 12.9. The van der Waals surface area contributed by atoms with Gasteiger partial charge in [0.05, 0.1) is 10.6 Å². The van der Waals surface area contributed by atoms with E-state index in [1.54, 1.807) is 18.2 Å². The van der Waals surface area contributed by atoms with Crippen molar-refractivity contribution in [3.05, 3.63) is 28.8 Å². The third-order valence-corrected chi connectivity index (χ3v) is 5.18. The highest BCUT2D eigenvalue weighted by molar-refractivity contribution is 6.34. The largest absolute Gasteiger partial charge is 0.338 e. The van der Waals surface area contributed by atoms with E-state index in [2.05, 4.69) is 10.6 Å². The number of benzene rings is 1. The molecule has 0 radical (unpaired) electrons. The fourth-order valence-electron chi connectivity index (χ4n) is 3.65. The van der Waals surface area contributed by atoms with E-state index in [-0.39, 0.29) is 17.2 Å². The second-order valence-corrected chi connectivity index (χ2v) is 8.78. The third kappa shape index (κ3) is 4.33. The van der Waals surface area contributed by atoms with Gasteiger partial charge in [0.1, 0.15) is 0 Å². The summed E-state index contributed by atoms with van der Waals surface area (Å²) in [7, 11) is 0. The zero-order chi connectivity index (χ0) is 18.2. The van der Waals surface area contributed by atoms with E-state index < -0.39 is 0 Å². The molecule has 0 aliphatic carbocycles. The summed E-state index contributed by atoms with van der Waals surface area (Å²) in [6.45, 7) is 9.55. The quantitative estimate of drug-likeness (QED) is 0.867. The van der Waals surface area contributed by atoms with Crippen LogP contribution in [-0.4, -0.2) is 42.9 Å². The number of nitrogens with zero attached hydrogens (tertiary/aromatic N) is 1. The lowest BCUT2D eigenvalue weighted by molar-refractivity contribution is -0.117. The molecule has 1 aromatic rings. The fraction of sp³-hybridized carbons (Fsp3) is 0.579. The van der Waals surface area contributed by atoms with E-state index in [0.29, 0.717) is 34.5 Å². The SMILES string of the molecule is CC(C)(C)CC(=O)Nc1ccc(Cl)c(C(=O)N2C[C@H]3CNC[C@H]3C2)c1. The first-order valence-electron chi connectivity index (χ1n) is 8.82. The molecule has 2 aliphatic heterocycles. The Labute approximate surface area is 154 Å². The maximum Gasteiger partial charge on any atom is 0.255 e. The van der Waals surface area contributed by atoms with Crippen molar-refractivity contribution in [2.45, 2.75) is 27.2 Å². The van der Waals surface area contributed by atoms with Gasteiger partial charge in [0.15, 0.2) is 0 Å². The molecule has 2 atom stereocenters. The summed E-state index contributed by atoms with van der Waals surface area (Å²) in [6.07, 6.45) is 0.418. The van der Waals surface area contributed by atoms with E-state index in [1.807, 2.05) is 25.7 Å². The number of hydrogen-bond acceptors (Lipinski definition) is 3. The highest BCUT2D eigenvalue weighted by atomic mass is 35.5. The third-order valence-electron chi connectivity index (χ3n) is 4.85. The first kappa shape index (κ1) is 18.2. The van der Waals surface area contributed by atoms with E-state index in [9.17, 15) is 9.59 Å². The van der Waals surface area contributed by atoms with Gasteiger partial charge in [-0.25, -0.2) is 0 Å². The van der Waals surface area contributed by atoms with Crippen LogP contribution in [0.15, 0.2) is 18.2 Å². The van der Waals surface area contributed by atoms with Gasteiger partial charge >= 0.3 is 0 Å². The van der Waals surface area contributed by atoms with Crippen molar-refractivity contribution in [1.82, 2.24) is 10.2 Å². The Kier molecular flexibility index (Phi) is 5.07. The summed E-state index contributed by atoms with van der Waals surface area (Å²) in [6, 6.07) is 5.11. The van der Waals surface area contributed by atoms with Crippen molar-refractivity contribution in [2.24, 2.45) is 17.3 Å². The number of amides is 2. The van der Waals surface area contributed by atoms with Crippen molar-refractivity contribution in [2.75, 3.05) is 31.5 Å². The van der Waals surface area contributed by atoms with Crippen LogP contribution in [0.3, 0.4) is 0 Å². The summed E-state index contributed by atoms with van der Waals surface area (Å²) < 4.78 is 0. The molecule has 1 aromatic carbocycles. The molecule has 2 saturated heterocycles. The van der Waals surface area contributed by atoms with Gasteiger partial charge in [-0.05, 0) is 35.4 Å². The smallest absolute Gasteiger partial charge is 0.255 e. The zero-order valence-corrected chi connectivity index (χ0v) is 15.8. The van der Waals surface area contributed by atoms with Crippen molar-refractivity contribution in [1.29, 1.82) is 0 Å². The molecular formula is C19H26ClN3O2. The number of hydrogen-bond donors (Lipinski definition) is 2. The molecule has 0 saturated carbocycles. The van der Waals surface area contributed by atoms with Crippen LogP contribution in [0.5, 0.6) is 0 Å². The Morgan fingerprint density at radius 2 is 1.88 bits per heavy atom. The summed E-state index contributed by atoms with van der Waals surface area (Å²) >= 11 is 6.26. The van der Waals surface area contributed by atoms with Crippen LogP contribution in [0.1, 0.15) is 37.6 Å². The average molecular weight is 364 g/mol. The van der Waals surface area contributed by atoms with Gasteiger partial charge in [-0.1, -0.05) is 32.4 Å². The molecule has 2 heterocycles. The molecule has 3 rings (SSSR count). The summed E-state index contributed by atoms with van der Waals surface area (Å²) in [5, 5.41) is 6.67. The number of anilines is 1. The number of likely N-dealkylation sites (tertiary alicyclic amines) is 1. The van der Waals surface area contributed by atoms with Crippen LogP contribution in [0.25, 0.3) is 0 Å². The minimum atomic E-state index is -0.0868. The van der Waals surface area contributed by atoms with Crippen molar-refractivity contribution in [3.63, 3.8) is 0 Å². The van der Waals surface area contributed by atoms with Crippen molar-refractivity contribution < 1.29 is 9.59 Å². The Bertz CT molecular complexity index is 672. The average Bonchev–Trinajstić information content (AvgIpc) is 3.07. The molecule has 2 fully saturated rings. The molecule has 2 aliphatic rings. The van der Waals surface area contributed by atoms with Crippen LogP contribution < -0.4 is 10.6 Å². The number of carbonyl (C=O) groups is 2. The Morgan fingerprint density at radius 1 is 1.24 bits per heavy atom. The number of nitrogens with one attached hydrogen (secondary N) is 2. The predicted octanol–water partition coefficient (Wildman–Crippen LogP) is 3.01. The monoisotopic (exact) mass is 363 g/mol. The molecule has 136 valence electrons. The van der Waals surface area contributed by atoms with Gasteiger partial charge in [-0.15, -0.1) is 0 Å². The summed E-state index contributed by atoms with van der Waals surface area (Å²) in [4.78, 5) is 26.9. The van der Waals surface area contributed by atoms with Gasteiger partial charge in [-0.3, -0.25) is 9.59 Å². The molecule has 0 bridgehead atoms. The first-order chi connectivity index (χ1) is 11.7. The lowest BCUT2D eigenvalue weighted by atomic mass is 9.92. The molecule has 2 amide bonds. The van der Waals surface area contributed by atoms with Crippen molar-refractivity contribution >= 4 is 29.1 Å². The molecular weight excluding hydrogens is 338 g/mol. The lowest BCUT2D eigenvalue weighted by Crippen LogP contribution is -2.32. The second kappa shape index (κ2) is 6.96. The molecule has 5 nitrogen and oxygen atoms in total.